The van der Waals surface area contributed by atoms with E-state index in [0.29, 0.717) is 12.1 Å². The Labute approximate surface area is 174 Å². The molecule has 0 spiro atoms. The highest BCUT2D eigenvalue weighted by atomic mass is 16.5. The number of hydrogen-bond donors (Lipinski definition) is 3. The SMILES string of the molecule is NCc1ccc(C(NC(=O)OCC2c3ccccc3-c3ccccc32)C(=O)O)cc1. The Bertz CT molecular complexity index is 1030. The third-order valence-electron chi connectivity index (χ3n) is 5.40. The van der Waals surface area contributed by atoms with E-state index >= 15 is 0 Å². The zero-order valence-corrected chi connectivity index (χ0v) is 16.2. The minimum absolute atomic E-state index is 0.0877. The summed E-state index contributed by atoms with van der Waals surface area (Å²) in [5.41, 5.74) is 11.4. The first-order valence-electron chi connectivity index (χ1n) is 9.71. The predicted octanol–water partition coefficient (Wildman–Crippen LogP) is 3.81. The second-order valence-electron chi connectivity index (χ2n) is 7.19. The van der Waals surface area contributed by atoms with Crippen LogP contribution in [-0.2, 0) is 16.1 Å². The average molecular weight is 402 g/mol. The van der Waals surface area contributed by atoms with Crippen LogP contribution < -0.4 is 11.1 Å². The van der Waals surface area contributed by atoms with Crippen LogP contribution in [0.2, 0.25) is 0 Å². The summed E-state index contributed by atoms with van der Waals surface area (Å²) in [5, 5.41) is 12.0. The van der Waals surface area contributed by atoms with Crippen molar-refractivity contribution in [1.29, 1.82) is 0 Å². The molecule has 1 atom stereocenters. The Morgan fingerprint density at radius 3 is 2.03 bits per heavy atom. The lowest BCUT2D eigenvalue weighted by Crippen LogP contribution is -2.34. The van der Waals surface area contributed by atoms with Crippen LogP contribution >= 0.6 is 0 Å². The predicted molar refractivity (Wildman–Crippen MR) is 113 cm³/mol. The van der Waals surface area contributed by atoms with Crippen molar-refractivity contribution in [3.05, 3.63) is 95.1 Å². The van der Waals surface area contributed by atoms with Crippen molar-refractivity contribution in [3.63, 3.8) is 0 Å². The Kier molecular flexibility index (Phi) is 5.50. The summed E-state index contributed by atoms with van der Waals surface area (Å²) in [4.78, 5) is 24.1. The number of carboxylic acid groups (broad SMARTS) is 1. The topological polar surface area (TPSA) is 102 Å². The van der Waals surface area contributed by atoms with Gasteiger partial charge in [-0.1, -0.05) is 72.8 Å². The van der Waals surface area contributed by atoms with E-state index in [9.17, 15) is 14.7 Å². The van der Waals surface area contributed by atoms with E-state index in [1.165, 1.54) is 0 Å². The van der Waals surface area contributed by atoms with Crippen LogP contribution in [-0.4, -0.2) is 23.8 Å². The van der Waals surface area contributed by atoms with Gasteiger partial charge in [0.2, 0.25) is 0 Å². The number of ether oxygens (including phenoxy) is 1. The molecule has 152 valence electrons. The van der Waals surface area contributed by atoms with E-state index in [2.05, 4.69) is 17.4 Å². The van der Waals surface area contributed by atoms with Crippen molar-refractivity contribution in [2.24, 2.45) is 5.73 Å². The number of fused-ring (bicyclic) bond motifs is 3. The number of carbonyl (C=O) groups excluding carboxylic acids is 1. The molecule has 1 aliphatic carbocycles. The lowest BCUT2D eigenvalue weighted by atomic mass is 9.98. The van der Waals surface area contributed by atoms with Gasteiger partial charge in [-0.2, -0.15) is 0 Å². The van der Waals surface area contributed by atoms with Crippen LogP contribution in [0.15, 0.2) is 72.8 Å². The number of hydrogen-bond acceptors (Lipinski definition) is 4. The minimum atomic E-state index is -1.20. The molecular formula is C24H22N2O4. The van der Waals surface area contributed by atoms with E-state index in [1.807, 2.05) is 36.4 Å². The molecule has 0 bridgehead atoms. The van der Waals surface area contributed by atoms with Gasteiger partial charge in [-0.3, -0.25) is 0 Å². The number of nitrogens with one attached hydrogen (secondary N) is 1. The molecule has 4 N–H and O–H groups in total. The summed E-state index contributed by atoms with van der Waals surface area (Å²) in [5.74, 6) is -1.25. The first-order chi connectivity index (χ1) is 14.6. The largest absolute Gasteiger partial charge is 0.479 e. The van der Waals surface area contributed by atoms with Crippen LogP contribution in [0.3, 0.4) is 0 Å². The van der Waals surface area contributed by atoms with Gasteiger partial charge in [-0.15, -0.1) is 0 Å². The molecule has 0 aliphatic heterocycles. The molecule has 0 saturated carbocycles. The molecule has 1 aliphatic rings. The molecule has 0 radical (unpaired) electrons. The summed E-state index contributed by atoms with van der Waals surface area (Å²) in [7, 11) is 0. The maximum atomic E-state index is 12.4. The molecule has 6 nitrogen and oxygen atoms in total. The fourth-order valence-corrected chi connectivity index (χ4v) is 3.89. The number of alkyl carbamates (subject to hydrolysis) is 1. The first-order valence-corrected chi connectivity index (χ1v) is 9.71. The highest BCUT2D eigenvalue weighted by molar-refractivity contribution is 5.82. The van der Waals surface area contributed by atoms with Crippen LogP contribution in [0, 0.1) is 0 Å². The summed E-state index contributed by atoms with van der Waals surface area (Å²) in [6, 6.07) is 21.6. The zero-order valence-electron chi connectivity index (χ0n) is 16.2. The number of amides is 1. The lowest BCUT2D eigenvalue weighted by Gasteiger charge is -2.18. The van der Waals surface area contributed by atoms with Gasteiger partial charge in [-0.05, 0) is 33.4 Å². The molecular weight excluding hydrogens is 380 g/mol. The summed E-state index contributed by atoms with van der Waals surface area (Å²) >= 11 is 0. The molecule has 0 aromatic heterocycles. The van der Waals surface area contributed by atoms with Gasteiger partial charge in [-0.25, -0.2) is 9.59 Å². The number of nitrogens with two attached hydrogens (primary N) is 1. The molecule has 3 aromatic rings. The Morgan fingerprint density at radius 2 is 1.50 bits per heavy atom. The second-order valence-corrected chi connectivity index (χ2v) is 7.19. The van der Waals surface area contributed by atoms with Crippen LogP contribution in [0.5, 0.6) is 0 Å². The summed E-state index contributed by atoms with van der Waals surface area (Å²) < 4.78 is 5.45. The Morgan fingerprint density at radius 1 is 0.933 bits per heavy atom. The first kappa shape index (κ1) is 19.7. The molecule has 1 unspecified atom stereocenters. The third-order valence-corrected chi connectivity index (χ3v) is 5.40. The van der Waals surface area contributed by atoms with Gasteiger partial charge < -0.3 is 20.9 Å². The van der Waals surface area contributed by atoms with Crippen molar-refractivity contribution in [2.75, 3.05) is 6.61 Å². The van der Waals surface area contributed by atoms with Gasteiger partial charge in [0.05, 0.1) is 0 Å². The fraction of sp³-hybridized carbons (Fsp3) is 0.167. The zero-order chi connectivity index (χ0) is 21.1. The molecule has 30 heavy (non-hydrogen) atoms. The van der Waals surface area contributed by atoms with E-state index in [1.54, 1.807) is 24.3 Å². The summed E-state index contributed by atoms with van der Waals surface area (Å²) in [6.45, 7) is 0.482. The van der Waals surface area contributed by atoms with Crippen molar-refractivity contribution >= 4 is 12.1 Å². The molecule has 4 rings (SSSR count). The van der Waals surface area contributed by atoms with Crippen molar-refractivity contribution < 1.29 is 19.4 Å². The third kappa shape index (κ3) is 3.77. The maximum Gasteiger partial charge on any atom is 0.408 e. The number of carboxylic acids is 1. The number of benzene rings is 3. The second kappa shape index (κ2) is 8.39. The van der Waals surface area contributed by atoms with Crippen molar-refractivity contribution in [1.82, 2.24) is 5.32 Å². The molecule has 0 heterocycles. The van der Waals surface area contributed by atoms with Gasteiger partial charge >= 0.3 is 12.1 Å². The summed E-state index contributed by atoms with van der Waals surface area (Å²) in [6.07, 6.45) is -0.771. The number of aliphatic carboxylic acids is 1. The highest BCUT2D eigenvalue weighted by Gasteiger charge is 2.30. The maximum absolute atomic E-state index is 12.4. The van der Waals surface area contributed by atoms with E-state index < -0.39 is 18.1 Å². The van der Waals surface area contributed by atoms with Crippen LogP contribution in [0.4, 0.5) is 4.79 Å². The highest BCUT2D eigenvalue weighted by Crippen LogP contribution is 2.44. The van der Waals surface area contributed by atoms with Crippen LogP contribution in [0.25, 0.3) is 11.1 Å². The Balaban J connectivity index is 1.47. The van der Waals surface area contributed by atoms with Gasteiger partial charge in [0.1, 0.15) is 6.61 Å². The quantitative estimate of drug-likeness (QED) is 0.582. The Hall–Kier alpha value is -3.64. The van der Waals surface area contributed by atoms with Crippen LogP contribution in [0.1, 0.15) is 34.2 Å². The van der Waals surface area contributed by atoms with Gasteiger partial charge in [0.15, 0.2) is 6.04 Å². The smallest absolute Gasteiger partial charge is 0.408 e. The minimum Gasteiger partial charge on any atom is -0.479 e. The standard InChI is InChI=1S/C24H22N2O4/c25-13-15-9-11-16(12-10-15)22(23(27)28)26-24(29)30-14-21-19-7-3-1-5-17(19)18-6-2-4-8-20(18)21/h1-12,21-22H,13-14,25H2,(H,26,29)(H,27,28). The van der Waals surface area contributed by atoms with E-state index in [0.717, 1.165) is 27.8 Å². The van der Waals surface area contributed by atoms with E-state index in [-0.39, 0.29) is 12.5 Å². The average Bonchev–Trinajstić information content (AvgIpc) is 3.10. The van der Waals surface area contributed by atoms with Gasteiger partial charge in [0, 0.05) is 12.5 Å². The monoisotopic (exact) mass is 402 g/mol. The molecule has 1 amide bonds. The van der Waals surface area contributed by atoms with E-state index in [4.69, 9.17) is 10.5 Å². The normalized spacial score (nSPS) is 13.2. The molecule has 6 heteroatoms. The fourth-order valence-electron chi connectivity index (χ4n) is 3.89. The molecule has 3 aromatic carbocycles. The number of rotatable bonds is 6. The van der Waals surface area contributed by atoms with Gasteiger partial charge in [0.25, 0.3) is 0 Å². The lowest BCUT2D eigenvalue weighted by molar-refractivity contribution is -0.139. The number of carbonyl (C=O) groups is 2. The van der Waals surface area contributed by atoms with Crippen molar-refractivity contribution in [3.8, 4) is 11.1 Å². The van der Waals surface area contributed by atoms with Crippen molar-refractivity contribution in [2.45, 2.75) is 18.5 Å². The molecule has 0 fully saturated rings. The molecule has 0 saturated heterocycles.